The maximum atomic E-state index is 6.02. The van der Waals surface area contributed by atoms with Crippen LogP contribution in [0.3, 0.4) is 0 Å². The molecule has 0 saturated carbocycles. The van der Waals surface area contributed by atoms with Crippen molar-refractivity contribution < 1.29 is 29.6 Å². The predicted octanol–water partition coefficient (Wildman–Crippen LogP) is 1.54. The molecule has 0 spiro atoms. The molecular weight excluding hydrogens is 252 g/mol. The molecule has 16 heavy (non-hydrogen) atoms. The van der Waals surface area contributed by atoms with Crippen LogP contribution in [0.5, 0.6) is 0 Å². The molecule has 2 rings (SSSR count). The molecule has 0 saturated heterocycles. The number of anilines is 2. The van der Waals surface area contributed by atoms with Crippen molar-refractivity contribution in [1.29, 1.82) is 0 Å². The van der Waals surface area contributed by atoms with E-state index in [1.165, 1.54) is 0 Å². The van der Waals surface area contributed by atoms with Crippen LogP contribution in [-0.2, 0) is 0 Å². The second kappa shape index (κ2) is 6.53. The van der Waals surface area contributed by atoms with Crippen molar-refractivity contribution in [3.63, 3.8) is 0 Å². The van der Waals surface area contributed by atoms with Crippen LogP contribution >= 0.6 is 23.2 Å². The first-order chi connectivity index (χ1) is 7.27. The van der Waals surface area contributed by atoms with E-state index in [9.17, 15) is 0 Å². The van der Waals surface area contributed by atoms with Crippen LogP contribution in [0.15, 0.2) is 42.5 Å². The van der Waals surface area contributed by atoms with E-state index < -0.39 is 0 Å². The van der Waals surface area contributed by atoms with Crippen molar-refractivity contribution in [2.24, 2.45) is 0 Å². The predicted molar refractivity (Wildman–Crippen MR) is 65.0 cm³/mol. The molecule has 76 valence electrons. The van der Waals surface area contributed by atoms with Gasteiger partial charge in [-0.15, -0.1) is 6.07 Å². The van der Waals surface area contributed by atoms with E-state index in [-0.39, 0.29) is 29.6 Å². The smallest absolute Gasteiger partial charge is 0.376 e. The normalized spacial score (nSPS) is 9.38. The van der Waals surface area contributed by atoms with Crippen LogP contribution in [-0.4, -0.2) is 0 Å². The van der Waals surface area contributed by atoms with Crippen LogP contribution < -0.4 is 34.9 Å². The fourth-order valence-corrected chi connectivity index (χ4v) is 1.71. The van der Waals surface area contributed by atoms with Gasteiger partial charge in [0.05, 0.1) is 15.7 Å². The molecule has 0 aromatic heterocycles. The SMILES string of the molecule is Clc1cccc(Cl)c1Nc1[c-]cccc1.[Na+]. The van der Waals surface area contributed by atoms with E-state index in [0.717, 1.165) is 5.69 Å². The Morgan fingerprint density at radius 1 is 0.938 bits per heavy atom. The molecule has 0 aliphatic heterocycles. The second-order valence-electron chi connectivity index (χ2n) is 3.00. The fraction of sp³-hybridized carbons (Fsp3) is 0. The van der Waals surface area contributed by atoms with Crippen molar-refractivity contribution >= 4 is 34.6 Å². The Balaban J connectivity index is 0.00000128. The monoisotopic (exact) mass is 259 g/mol. The second-order valence-corrected chi connectivity index (χ2v) is 3.81. The Morgan fingerprint density at radius 3 is 2.19 bits per heavy atom. The van der Waals surface area contributed by atoms with Crippen LogP contribution in [0.1, 0.15) is 0 Å². The van der Waals surface area contributed by atoms with Gasteiger partial charge in [-0.2, -0.15) is 24.3 Å². The van der Waals surface area contributed by atoms with E-state index in [2.05, 4.69) is 11.4 Å². The number of halogens is 2. The van der Waals surface area contributed by atoms with Gasteiger partial charge in [0.25, 0.3) is 0 Å². The summed E-state index contributed by atoms with van der Waals surface area (Å²) in [5, 5.41) is 4.32. The van der Waals surface area contributed by atoms with E-state index in [4.69, 9.17) is 23.2 Å². The van der Waals surface area contributed by atoms with Crippen molar-refractivity contribution in [2.45, 2.75) is 0 Å². The Kier molecular flexibility index (Phi) is 5.67. The van der Waals surface area contributed by atoms with Crippen molar-refractivity contribution in [2.75, 3.05) is 5.32 Å². The van der Waals surface area contributed by atoms with Crippen LogP contribution in [0.25, 0.3) is 0 Å². The molecule has 0 aliphatic rings. The first-order valence-corrected chi connectivity index (χ1v) is 5.21. The Hall–Kier alpha value is -0.180. The minimum atomic E-state index is 0. The van der Waals surface area contributed by atoms with Gasteiger partial charge in [0.15, 0.2) is 0 Å². The summed E-state index contributed by atoms with van der Waals surface area (Å²) in [6.45, 7) is 0. The summed E-state index contributed by atoms with van der Waals surface area (Å²) in [5.41, 5.74) is 1.55. The quantitative estimate of drug-likeness (QED) is 0.638. The maximum Gasteiger partial charge on any atom is 1.00 e. The number of hydrogen-bond donors (Lipinski definition) is 1. The van der Waals surface area contributed by atoms with E-state index in [1.54, 1.807) is 12.1 Å². The van der Waals surface area contributed by atoms with Gasteiger partial charge >= 0.3 is 29.6 Å². The minimum absolute atomic E-state index is 0. The molecule has 0 aliphatic carbocycles. The summed E-state index contributed by atoms with van der Waals surface area (Å²) in [5.74, 6) is 0. The molecule has 0 heterocycles. The molecule has 0 amide bonds. The first-order valence-electron chi connectivity index (χ1n) is 4.45. The van der Waals surface area contributed by atoms with Crippen LogP contribution in [0.2, 0.25) is 10.0 Å². The molecule has 0 unspecified atom stereocenters. The molecular formula is C12H8Cl2NNa. The van der Waals surface area contributed by atoms with Gasteiger partial charge < -0.3 is 5.32 Å². The first kappa shape index (κ1) is 13.9. The zero-order valence-electron chi connectivity index (χ0n) is 8.80. The summed E-state index contributed by atoms with van der Waals surface area (Å²) in [7, 11) is 0. The van der Waals surface area contributed by atoms with Crippen LogP contribution in [0.4, 0.5) is 11.4 Å². The van der Waals surface area contributed by atoms with Gasteiger partial charge in [-0.25, -0.2) is 0 Å². The van der Waals surface area contributed by atoms with Gasteiger partial charge in [0.2, 0.25) is 0 Å². The molecule has 0 atom stereocenters. The van der Waals surface area contributed by atoms with Gasteiger partial charge in [-0.3, -0.25) is 0 Å². The minimum Gasteiger partial charge on any atom is -0.376 e. The number of rotatable bonds is 2. The maximum absolute atomic E-state index is 6.02. The third kappa shape index (κ3) is 3.41. The molecule has 0 bridgehead atoms. The number of hydrogen-bond acceptors (Lipinski definition) is 1. The van der Waals surface area contributed by atoms with Crippen molar-refractivity contribution in [1.82, 2.24) is 0 Å². The van der Waals surface area contributed by atoms with Gasteiger partial charge in [0, 0.05) is 0 Å². The fourth-order valence-electron chi connectivity index (χ4n) is 1.22. The number of nitrogens with one attached hydrogen (secondary N) is 1. The number of benzene rings is 2. The third-order valence-electron chi connectivity index (χ3n) is 1.93. The Morgan fingerprint density at radius 2 is 1.62 bits per heavy atom. The summed E-state index contributed by atoms with van der Waals surface area (Å²) < 4.78 is 0. The summed E-state index contributed by atoms with van der Waals surface area (Å²) in [4.78, 5) is 0. The summed E-state index contributed by atoms with van der Waals surface area (Å²) in [6.07, 6.45) is 0. The summed E-state index contributed by atoms with van der Waals surface area (Å²) in [6, 6.07) is 16.0. The topological polar surface area (TPSA) is 12.0 Å². The Bertz CT molecular complexity index is 440. The average molecular weight is 260 g/mol. The number of para-hydroxylation sites is 2. The average Bonchev–Trinajstić information content (AvgIpc) is 2.25. The molecule has 4 heteroatoms. The molecule has 0 fully saturated rings. The van der Waals surface area contributed by atoms with Gasteiger partial charge in [-0.05, 0) is 12.1 Å². The van der Waals surface area contributed by atoms with Gasteiger partial charge in [-0.1, -0.05) is 35.0 Å². The summed E-state index contributed by atoms with van der Waals surface area (Å²) >= 11 is 12.0. The zero-order chi connectivity index (χ0) is 10.7. The van der Waals surface area contributed by atoms with E-state index in [1.807, 2.05) is 30.3 Å². The molecule has 2 aromatic carbocycles. The largest absolute Gasteiger partial charge is 1.00 e. The molecule has 1 N–H and O–H groups in total. The molecule has 1 nitrogen and oxygen atoms in total. The Labute approximate surface area is 127 Å². The van der Waals surface area contributed by atoms with E-state index >= 15 is 0 Å². The third-order valence-corrected chi connectivity index (χ3v) is 2.56. The van der Waals surface area contributed by atoms with Crippen molar-refractivity contribution in [3.05, 3.63) is 58.6 Å². The standard InChI is InChI=1S/C12H8Cl2N.Na/c13-10-7-4-8-11(14)12(10)15-9-5-2-1-3-6-9;/h1-5,7-8,15H;/q-1;+1. The van der Waals surface area contributed by atoms with Gasteiger partial charge in [0.1, 0.15) is 0 Å². The molecule has 0 radical (unpaired) electrons. The zero-order valence-corrected chi connectivity index (χ0v) is 12.3. The van der Waals surface area contributed by atoms with Crippen molar-refractivity contribution in [3.8, 4) is 0 Å². The molecule has 2 aromatic rings. The van der Waals surface area contributed by atoms with Crippen LogP contribution in [0, 0.1) is 6.07 Å². The van der Waals surface area contributed by atoms with E-state index in [0.29, 0.717) is 15.7 Å².